The molecule has 0 radical (unpaired) electrons. The molecule has 312 valence electrons. The van der Waals surface area contributed by atoms with Gasteiger partial charge in [0.15, 0.2) is 4.08 Å². The summed E-state index contributed by atoms with van der Waals surface area (Å²) in [5.74, 6) is -85.3. The minimum Gasteiger partial charge on any atom is -0.480 e. The summed E-state index contributed by atoms with van der Waals surface area (Å²) in [7, 11) is 0. The topological polar surface area (TPSA) is 37.3 Å². The minimum atomic E-state index is -8.31. The van der Waals surface area contributed by atoms with Crippen molar-refractivity contribution in [3.8, 4) is 0 Å². The SMILES string of the molecule is CCCCC(SCCC(F)(F)C(F)(F)C(F)(F)C(F)(F)C(F)(F)C(F)(F)F)(SCCC(F)(F)C(F)(F)C(F)(F)C(F)(F)C(F)(F)C(F)(F)F)C(=O)O. The normalized spacial score (nSPS) is 16.1. The molecule has 52 heavy (non-hydrogen) atoms. The van der Waals surface area contributed by atoms with E-state index in [9.17, 15) is 124 Å². The van der Waals surface area contributed by atoms with Gasteiger partial charge in [0, 0.05) is 24.3 Å². The van der Waals surface area contributed by atoms with Gasteiger partial charge >= 0.3 is 77.5 Å². The van der Waals surface area contributed by atoms with Crippen molar-refractivity contribution >= 4 is 29.5 Å². The molecule has 0 aliphatic carbocycles. The van der Waals surface area contributed by atoms with E-state index in [0.717, 1.165) is 6.92 Å². The standard InChI is InChI=1S/C22H18F26O2S2/c1-2-3-4-10(9(49)50,51-7-5-11(23,24)13(27,28)15(31,32)17(35,36)19(39,40)21(43,44)45)52-8-6-12(25,26)14(29,30)16(33,34)18(37,38)20(41,42)22(46,47)48/h2-8H2,1H3,(H,49,50). The summed E-state index contributed by atoms with van der Waals surface area (Å²) in [6.07, 6.45) is -23.5. The lowest BCUT2D eigenvalue weighted by atomic mass is 9.93. The van der Waals surface area contributed by atoms with E-state index in [1.165, 1.54) is 0 Å². The van der Waals surface area contributed by atoms with E-state index in [2.05, 4.69) is 0 Å². The Bertz CT molecular complexity index is 1140. The molecule has 0 saturated heterocycles. The van der Waals surface area contributed by atoms with E-state index >= 15 is 0 Å². The number of hydrogen-bond donors (Lipinski definition) is 1. The Kier molecular flexibility index (Phi) is 14.3. The molecule has 0 aromatic carbocycles. The summed E-state index contributed by atoms with van der Waals surface area (Å²) in [4.78, 5) is 11.9. The third-order valence-corrected chi connectivity index (χ3v) is 9.90. The van der Waals surface area contributed by atoms with E-state index in [4.69, 9.17) is 0 Å². The second kappa shape index (κ2) is 14.8. The molecule has 1 N–H and O–H groups in total. The maximum Gasteiger partial charge on any atom is 0.460 e. The van der Waals surface area contributed by atoms with Gasteiger partial charge in [0.1, 0.15) is 0 Å². The average molecular weight is 872 g/mol. The van der Waals surface area contributed by atoms with Crippen molar-refractivity contribution in [3.63, 3.8) is 0 Å². The second-order valence-corrected chi connectivity index (χ2v) is 13.4. The van der Waals surface area contributed by atoms with Crippen LogP contribution in [0.5, 0.6) is 0 Å². The molecule has 0 spiro atoms. The zero-order valence-electron chi connectivity index (χ0n) is 24.4. The first kappa shape index (κ1) is 50.4. The van der Waals surface area contributed by atoms with Crippen LogP contribution in [0.3, 0.4) is 0 Å². The predicted octanol–water partition coefficient (Wildman–Crippen LogP) is 11.7. The number of thioether (sulfide) groups is 2. The number of unbranched alkanes of at least 4 members (excludes halogenated alkanes) is 1. The van der Waals surface area contributed by atoms with E-state index in [0.29, 0.717) is 0 Å². The molecule has 0 amide bonds. The van der Waals surface area contributed by atoms with Crippen LogP contribution in [0.4, 0.5) is 114 Å². The fraction of sp³-hybridized carbons (Fsp3) is 0.955. The largest absolute Gasteiger partial charge is 0.480 e. The Morgan fingerprint density at radius 2 is 0.673 bits per heavy atom. The lowest BCUT2D eigenvalue weighted by Gasteiger charge is -2.40. The highest BCUT2D eigenvalue weighted by Gasteiger charge is 2.92. The number of halogens is 26. The van der Waals surface area contributed by atoms with Crippen LogP contribution in [0.2, 0.25) is 0 Å². The zero-order valence-corrected chi connectivity index (χ0v) is 26.1. The van der Waals surface area contributed by atoms with Gasteiger partial charge in [-0.3, -0.25) is 0 Å². The Labute approximate surface area is 280 Å². The monoisotopic (exact) mass is 872 g/mol. The average Bonchev–Trinajstić information content (AvgIpc) is 2.93. The summed E-state index contributed by atoms with van der Waals surface area (Å²) >= 11 is -1.55. The summed E-state index contributed by atoms with van der Waals surface area (Å²) in [5, 5.41) is 9.50. The van der Waals surface area contributed by atoms with Gasteiger partial charge in [0.2, 0.25) is 0 Å². The molecule has 0 bridgehead atoms. The maximum atomic E-state index is 14.2. The van der Waals surface area contributed by atoms with Crippen molar-refractivity contribution in [2.45, 2.75) is 115 Å². The van der Waals surface area contributed by atoms with Gasteiger partial charge in [-0.15, -0.1) is 23.5 Å². The molecule has 0 unspecified atom stereocenters. The van der Waals surface area contributed by atoms with Crippen LogP contribution in [0.1, 0.15) is 39.0 Å². The quantitative estimate of drug-likeness (QED) is 0.0977. The molecule has 0 fully saturated rings. The highest BCUT2D eigenvalue weighted by Crippen LogP contribution is 2.63. The molecule has 30 heteroatoms. The van der Waals surface area contributed by atoms with Crippen LogP contribution in [-0.4, -0.2) is 98.2 Å². The molecule has 0 saturated carbocycles. The lowest BCUT2D eigenvalue weighted by molar-refractivity contribution is -0.439. The minimum absolute atomic E-state index is 0.220. The van der Waals surface area contributed by atoms with E-state index < -0.39 is 142 Å². The van der Waals surface area contributed by atoms with Crippen molar-refractivity contribution < 1.29 is 124 Å². The summed E-state index contributed by atoms with van der Waals surface area (Å²) < 4.78 is 343. The third kappa shape index (κ3) is 8.15. The van der Waals surface area contributed by atoms with Crippen LogP contribution in [0.25, 0.3) is 0 Å². The molecule has 0 aromatic rings. The maximum absolute atomic E-state index is 14.2. The number of carboxylic acids is 1. The first-order valence-corrected chi connectivity index (χ1v) is 14.8. The number of hydrogen-bond acceptors (Lipinski definition) is 3. The van der Waals surface area contributed by atoms with Gasteiger partial charge in [-0.05, 0) is 6.42 Å². The zero-order chi connectivity index (χ0) is 42.4. The van der Waals surface area contributed by atoms with Gasteiger partial charge in [-0.25, -0.2) is 4.79 Å². The highest BCUT2D eigenvalue weighted by atomic mass is 32.2. The number of carboxylic acid groups (broad SMARTS) is 1. The number of carbonyl (C=O) groups is 1. The molecular weight excluding hydrogens is 854 g/mol. The summed E-state index contributed by atoms with van der Waals surface area (Å²) in [6.45, 7) is 1.16. The van der Waals surface area contributed by atoms with Crippen LogP contribution in [0, 0.1) is 0 Å². The molecule has 0 aliphatic rings. The molecule has 2 nitrogen and oxygen atoms in total. The Hall–Kier alpha value is -1.65. The van der Waals surface area contributed by atoms with Crippen molar-refractivity contribution in [2.24, 2.45) is 0 Å². The molecule has 0 aromatic heterocycles. The van der Waals surface area contributed by atoms with E-state index in [1.54, 1.807) is 0 Å². The Morgan fingerprint density at radius 3 is 0.885 bits per heavy atom. The molecule has 0 heterocycles. The second-order valence-electron chi connectivity index (χ2n) is 10.4. The highest BCUT2D eigenvalue weighted by molar-refractivity contribution is 8.19. The van der Waals surface area contributed by atoms with Crippen molar-refractivity contribution in [3.05, 3.63) is 0 Å². The molecule has 0 atom stereocenters. The van der Waals surface area contributed by atoms with E-state index in [-0.39, 0.29) is 6.42 Å². The van der Waals surface area contributed by atoms with Crippen LogP contribution < -0.4 is 0 Å². The van der Waals surface area contributed by atoms with Gasteiger partial charge in [-0.2, -0.15) is 114 Å². The molecule has 0 aliphatic heterocycles. The lowest BCUT2D eigenvalue weighted by Crippen LogP contribution is -2.70. The fourth-order valence-corrected chi connectivity index (χ4v) is 6.47. The molecular formula is C22H18F26O2S2. The van der Waals surface area contributed by atoms with Crippen molar-refractivity contribution in [2.75, 3.05) is 11.5 Å². The van der Waals surface area contributed by atoms with Crippen LogP contribution >= 0.6 is 23.5 Å². The van der Waals surface area contributed by atoms with Gasteiger partial charge in [0.25, 0.3) is 0 Å². The number of rotatable bonds is 20. The summed E-state index contributed by atoms with van der Waals surface area (Å²) in [6, 6.07) is 0. The van der Waals surface area contributed by atoms with Crippen molar-refractivity contribution in [1.29, 1.82) is 0 Å². The Balaban J connectivity index is 6.46. The van der Waals surface area contributed by atoms with Crippen molar-refractivity contribution in [1.82, 2.24) is 0 Å². The van der Waals surface area contributed by atoms with Crippen LogP contribution in [0.15, 0.2) is 0 Å². The first-order valence-electron chi connectivity index (χ1n) is 12.8. The van der Waals surface area contributed by atoms with Gasteiger partial charge < -0.3 is 5.11 Å². The van der Waals surface area contributed by atoms with E-state index in [1.807, 2.05) is 0 Å². The van der Waals surface area contributed by atoms with Gasteiger partial charge in [0.05, 0.1) is 0 Å². The Morgan fingerprint density at radius 1 is 0.423 bits per heavy atom. The third-order valence-electron chi connectivity index (χ3n) is 6.68. The first-order chi connectivity index (χ1) is 22.4. The smallest absolute Gasteiger partial charge is 0.460 e. The number of alkyl halides is 26. The fourth-order valence-electron chi connectivity index (χ4n) is 3.43. The predicted molar refractivity (Wildman–Crippen MR) is 126 cm³/mol. The van der Waals surface area contributed by atoms with Gasteiger partial charge in [-0.1, -0.05) is 19.8 Å². The number of aliphatic carboxylic acids is 1. The molecule has 0 rings (SSSR count). The summed E-state index contributed by atoms with van der Waals surface area (Å²) in [5.41, 5.74) is 0. The van der Waals surface area contributed by atoms with Crippen LogP contribution in [-0.2, 0) is 4.79 Å².